The van der Waals surface area contributed by atoms with Gasteiger partial charge < -0.3 is 5.11 Å². The minimum atomic E-state index is -0.789. The molecule has 1 rings (SSSR count). The molecule has 0 spiro atoms. The summed E-state index contributed by atoms with van der Waals surface area (Å²) < 4.78 is 0. The molecule has 1 saturated carbocycles. The van der Waals surface area contributed by atoms with Gasteiger partial charge in [0.05, 0.1) is 0 Å². The fourth-order valence-electron chi connectivity index (χ4n) is 2.16. The minimum absolute atomic E-state index is 0.504. The van der Waals surface area contributed by atoms with Crippen molar-refractivity contribution < 1.29 is 9.90 Å². The van der Waals surface area contributed by atoms with E-state index >= 15 is 0 Å². The maximum atomic E-state index is 10.6. The van der Waals surface area contributed by atoms with Crippen molar-refractivity contribution in [3.63, 3.8) is 0 Å². The van der Waals surface area contributed by atoms with Crippen molar-refractivity contribution >= 4 is 5.97 Å². The Morgan fingerprint density at radius 1 is 1.54 bits per heavy atom. The zero-order chi connectivity index (χ0) is 9.84. The zero-order valence-corrected chi connectivity index (χ0v) is 8.42. The van der Waals surface area contributed by atoms with Crippen molar-refractivity contribution in [2.45, 2.75) is 39.5 Å². The third-order valence-corrected chi connectivity index (χ3v) is 2.82. The van der Waals surface area contributed by atoms with Crippen molar-refractivity contribution in [1.29, 1.82) is 0 Å². The summed E-state index contributed by atoms with van der Waals surface area (Å²) >= 11 is 0. The highest BCUT2D eigenvalue weighted by atomic mass is 16.4. The van der Waals surface area contributed by atoms with E-state index in [0.29, 0.717) is 11.8 Å². The van der Waals surface area contributed by atoms with Crippen molar-refractivity contribution in [2.75, 3.05) is 0 Å². The van der Waals surface area contributed by atoms with Crippen LogP contribution in [-0.2, 0) is 4.79 Å². The summed E-state index contributed by atoms with van der Waals surface area (Å²) in [5.41, 5.74) is 1.15. The van der Waals surface area contributed by atoms with E-state index in [2.05, 4.69) is 13.8 Å². The molecule has 1 fully saturated rings. The fraction of sp³-hybridized carbons (Fsp3) is 0.727. The van der Waals surface area contributed by atoms with Crippen LogP contribution in [0.1, 0.15) is 39.5 Å². The molecule has 0 saturated heterocycles. The summed E-state index contributed by atoms with van der Waals surface area (Å²) in [5, 5.41) is 8.69. The van der Waals surface area contributed by atoms with E-state index in [1.807, 2.05) is 0 Å². The van der Waals surface area contributed by atoms with Crippen LogP contribution in [0.5, 0.6) is 0 Å². The maximum absolute atomic E-state index is 10.6. The van der Waals surface area contributed by atoms with Crippen molar-refractivity contribution in [3.8, 4) is 0 Å². The molecule has 1 atom stereocenters. The highest BCUT2D eigenvalue weighted by molar-refractivity contribution is 5.80. The summed E-state index contributed by atoms with van der Waals surface area (Å²) in [6.45, 7) is 4.34. The van der Waals surface area contributed by atoms with E-state index in [1.54, 1.807) is 0 Å². The quantitative estimate of drug-likeness (QED) is 0.667. The Balaban J connectivity index is 2.72. The number of aliphatic carboxylic acids is 1. The summed E-state index contributed by atoms with van der Waals surface area (Å²) in [7, 11) is 0. The monoisotopic (exact) mass is 182 g/mol. The SMILES string of the molecule is CC(C)C1CCCCC1=CC(=O)O. The molecule has 0 bridgehead atoms. The molecule has 0 amide bonds. The third kappa shape index (κ3) is 2.87. The molecule has 0 heterocycles. The second-order valence-corrected chi connectivity index (χ2v) is 4.15. The molecular weight excluding hydrogens is 164 g/mol. The minimum Gasteiger partial charge on any atom is -0.478 e. The first kappa shape index (κ1) is 10.3. The van der Waals surface area contributed by atoms with Crippen LogP contribution in [0.15, 0.2) is 11.6 Å². The van der Waals surface area contributed by atoms with Gasteiger partial charge in [-0.1, -0.05) is 25.8 Å². The van der Waals surface area contributed by atoms with Gasteiger partial charge in [-0.2, -0.15) is 0 Å². The molecule has 13 heavy (non-hydrogen) atoms. The molecule has 0 aromatic carbocycles. The molecule has 74 valence electrons. The molecule has 1 unspecified atom stereocenters. The zero-order valence-electron chi connectivity index (χ0n) is 8.42. The van der Waals surface area contributed by atoms with Gasteiger partial charge in [-0.15, -0.1) is 0 Å². The van der Waals surface area contributed by atoms with E-state index < -0.39 is 5.97 Å². The first-order valence-electron chi connectivity index (χ1n) is 5.04. The number of carboxylic acids is 1. The van der Waals surface area contributed by atoms with Gasteiger partial charge in [0.1, 0.15) is 0 Å². The molecule has 0 aromatic rings. The average Bonchev–Trinajstić information content (AvgIpc) is 2.03. The maximum Gasteiger partial charge on any atom is 0.328 e. The number of allylic oxidation sites excluding steroid dienone is 1. The normalized spacial score (nSPS) is 26.7. The Labute approximate surface area is 79.6 Å². The van der Waals surface area contributed by atoms with Crippen molar-refractivity contribution in [1.82, 2.24) is 0 Å². The van der Waals surface area contributed by atoms with Crippen LogP contribution < -0.4 is 0 Å². The summed E-state index contributed by atoms with van der Waals surface area (Å²) in [6.07, 6.45) is 5.97. The van der Waals surface area contributed by atoms with E-state index in [-0.39, 0.29) is 0 Å². The van der Waals surface area contributed by atoms with E-state index in [1.165, 1.54) is 12.5 Å². The lowest BCUT2D eigenvalue weighted by Gasteiger charge is -2.28. The van der Waals surface area contributed by atoms with E-state index in [0.717, 1.165) is 24.8 Å². The van der Waals surface area contributed by atoms with Gasteiger partial charge in [0, 0.05) is 6.08 Å². The van der Waals surface area contributed by atoms with Crippen molar-refractivity contribution in [2.24, 2.45) is 11.8 Å². The second kappa shape index (κ2) is 4.45. The number of hydrogen-bond acceptors (Lipinski definition) is 1. The Hall–Kier alpha value is -0.790. The van der Waals surface area contributed by atoms with Crippen LogP contribution in [0, 0.1) is 11.8 Å². The van der Waals surface area contributed by atoms with Crippen LogP contribution >= 0.6 is 0 Å². The Kier molecular flexibility index (Phi) is 3.52. The highest BCUT2D eigenvalue weighted by Crippen LogP contribution is 2.34. The molecule has 0 radical (unpaired) electrons. The van der Waals surface area contributed by atoms with Gasteiger partial charge in [0.2, 0.25) is 0 Å². The molecule has 0 aromatic heterocycles. The summed E-state index contributed by atoms with van der Waals surface area (Å²) in [4.78, 5) is 10.6. The van der Waals surface area contributed by atoms with Crippen LogP contribution in [0.2, 0.25) is 0 Å². The smallest absolute Gasteiger partial charge is 0.328 e. The fourth-order valence-corrected chi connectivity index (χ4v) is 2.16. The molecule has 2 heteroatoms. The lowest BCUT2D eigenvalue weighted by Crippen LogP contribution is -2.17. The first-order valence-corrected chi connectivity index (χ1v) is 5.04. The Morgan fingerprint density at radius 2 is 2.23 bits per heavy atom. The van der Waals surface area contributed by atoms with Gasteiger partial charge in [0.25, 0.3) is 0 Å². The molecule has 0 aliphatic heterocycles. The number of carboxylic acid groups (broad SMARTS) is 1. The highest BCUT2D eigenvalue weighted by Gasteiger charge is 2.22. The van der Waals surface area contributed by atoms with Gasteiger partial charge in [0.15, 0.2) is 0 Å². The van der Waals surface area contributed by atoms with Crippen LogP contribution in [-0.4, -0.2) is 11.1 Å². The molecule has 1 aliphatic carbocycles. The van der Waals surface area contributed by atoms with Gasteiger partial charge in [-0.25, -0.2) is 4.79 Å². The molecule has 1 N–H and O–H groups in total. The summed E-state index contributed by atoms with van der Waals surface area (Å²) in [6, 6.07) is 0. The van der Waals surface area contributed by atoms with E-state index in [4.69, 9.17) is 5.11 Å². The molecule has 2 nitrogen and oxygen atoms in total. The topological polar surface area (TPSA) is 37.3 Å². The predicted molar refractivity (Wildman–Crippen MR) is 52.5 cm³/mol. The Bertz CT molecular complexity index is 216. The standard InChI is InChI=1S/C11H18O2/c1-8(2)10-6-4-3-5-9(10)7-11(12)13/h7-8,10H,3-6H2,1-2H3,(H,12,13). The average molecular weight is 182 g/mol. The third-order valence-electron chi connectivity index (χ3n) is 2.82. The largest absolute Gasteiger partial charge is 0.478 e. The number of hydrogen-bond donors (Lipinski definition) is 1. The molecule has 1 aliphatic rings. The predicted octanol–water partition coefficient (Wildman–Crippen LogP) is 2.84. The van der Waals surface area contributed by atoms with Gasteiger partial charge >= 0.3 is 5.97 Å². The number of carbonyl (C=O) groups is 1. The van der Waals surface area contributed by atoms with Gasteiger partial charge in [-0.05, 0) is 31.1 Å². The number of rotatable bonds is 2. The molecular formula is C11H18O2. The first-order chi connectivity index (χ1) is 6.11. The van der Waals surface area contributed by atoms with Crippen molar-refractivity contribution in [3.05, 3.63) is 11.6 Å². The summed E-state index contributed by atoms with van der Waals surface area (Å²) in [5.74, 6) is 0.290. The second-order valence-electron chi connectivity index (χ2n) is 4.15. The van der Waals surface area contributed by atoms with Gasteiger partial charge in [-0.3, -0.25) is 0 Å². The van der Waals surface area contributed by atoms with Crippen LogP contribution in [0.25, 0.3) is 0 Å². The lowest BCUT2D eigenvalue weighted by molar-refractivity contribution is -0.131. The van der Waals surface area contributed by atoms with Crippen LogP contribution in [0.4, 0.5) is 0 Å². The van der Waals surface area contributed by atoms with E-state index in [9.17, 15) is 4.79 Å². The van der Waals surface area contributed by atoms with Crippen LogP contribution in [0.3, 0.4) is 0 Å². The Morgan fingerprint density at radius 3 is 2.77 bits per heavy atom. The lowest BCUT2D eigenvalue weighted by atomic mass is 9.77.